The van der Waals surface area contributed by atoms with Gasteiger partial charge in [0, 0.05) is 12.6 Å². The van der Waals surface area contributed by atoms with Gasteiger partial charge in [-0.3, -0.25) is 0 Å². The molecule has 0 aromatic heterocycles. The SMILES string of the molecule is NC(CCO)c1c[c]ccc1. The Balaban J connectivity index is 2.61. The Morgan fingerprint density at radius 3 is 3.00 bits per heavy atom. The summed E-state index contributed by atoms with van der Waals surface area (Å²) in [6, 6.07) is 10.4. The van der Waals surface area contributed by atoms with Gasteiger partial charge in [0.25, 0.3) is 0 Å². The van der Waals surface area contributed by atoms with E-state index >= 15 is 0 Å². The maximum Gasteiger partial charge on any atom is 0.0449 e. The summed E-state index contributed by atoms with van der Waals surface area (Å²) in [6.45, 7) is 0.135. The minimum Gasteiger partial charge on any atom is -0.396 e. The second kappa shape index (κ2) is 4.11. The van der Waals surface area contributed by atoms with Gasteiger partial charge in [-0.15, -0.1) is 0 Å². The third-order valence-electron chi connectivity index (χ3n) is 1.60. The summed E-state index contributed by atoms with van der Waals surface area (Å²) in [7, 11) is 0. The van der Waals surface area contributed by atoms with Crippen LogP contribution in [0.1, 0.15) is 18.0 Å². The van der Waals surface area contributed by atoms with Crippen molar-refractivity contribution in [3.63, 3.8) is 0 Å². The Morgan fingerprint density at radius 2 is 2.45 bits per heavy atom. The van der Waals surface area contributed by atoms with Gasteiger partial charge in [-0.25, -0.2) is 0 Å². The molecular weight excluding hydrogens is 138 g/mol. The van der Waals surface area contributed by atoms with Gasteiger partial charge in [0.15, 0.2) is 0 Å². The number of rotatable bonds is 3. The molecule has 1 aromatic rings. The lowest BCUT2D eigenvalue weighted by Gasteiger charge is -2.08. The Hall–Kier alpha value is -0.860. The zero-order valence-corrected chi connectivity index (χ0v) is 6.33. The van der Waals surface area contributed by atoms with E-state index in [1.165, 1.54) is 0 Å². The van der Waals surface area contributed by atoms with E-state index in [0.717, 1.165) is 5.56 Å². The van der Waals surface area contributed by atoms with E-state index in [4.69, 9.17) is 10.8 Å². The van der Waals surface area contributed by atoms with Crippen molar-refractivity contribution < 1.29 is 5.11 Å². The highest BCUT2D eigenvalue weighted by Gasteiger charge is 2.02. The molecule has 1 rings (SSSR count). The van der Waals surface area contributed by atoms with Crippen molar-refractivity contribution in [3.05, 3.63) is 35.9 Å². The maximum absolute atomic E-state index is 8.61. The average molecular weight is 150 g/mol. The number of aliphatic hydroxyl groups is 1. The smallest absolute Gasteiger partial charge is 0.0449 e. The highest BCUT2D eigenvalue weighted by molar-refractivity contribution is 5.17. The molecule has 1 unspecified atom stereocenters. The average Bonchev–Trinajstić information content (AvgIpc) is 2.07. The zero-order valence-electron chi connectivity index (χ0n) is 6.33. The fourth-order valence-corrected chi connectivity index (χ4v) is 0.944. The molecule has 0 aliphatic carbocycles. The predicted octanol–water partition coefficient (Wildman–Crippen LogP) is 0.869. The second-order valence-corrected chi connectivity index (χ2v) is 2.46. The Labute approximate surface area is 66.7 Å². The molecule has 0 amide bonds. The van der Waals surface area contributed by atoms with Gasteiger partial charge in [0.1, 0.15) is 0 Å². The fourth-order valence-electron chi connectivity index (χ4n) is 0.944. The summed E-state index contributed by atoms with van der Waals surface area (Å²) in [5.41, 5.74) is 6.75. The van der Waals surface area contributed by atoms with Gasteiger partial charge < -0.3 is 10.8 Å². The van der Waals surface area contributed by atoms with Crippen LogP contribution in [0.2, 0.25) is 0 Å². The lowest BCUT2D eigenvalue weighted by atomic mass is 10.1. The number of benzene rings is 1. The first kappa shape index (κ1) is 8.24. The lowest BCUT2D eigenvalue weighted by Crippen LogP contribution is -2.11. The summed E-state index contributed by atoms with van der Waals surface area (Å²) in [5.74, 6) is 0. The van der Waals surface area contributed by atoms with Gasteiger partial charge in [-0.2, -0.15) is 0 Å². The molecule has 3 N–H and O–H groups in total. The van der Waals surface area contributed by atoms with Gasteiger partial charge >= 0.3 is 0 Å². The Morgan fingerprint density at radius 1 is 1.64 bits per heavy atom. The van der Waals surface area contributed by atoms with Gasteiger partial charge in [-0.1, -0.05) is 18.2 Å². The van der Waals surface area contributed by atoms with Crippen LogP contribution >= 0.6 is 0 Å². The third kappa shape index (κ3) is 2.33. The van der Waals surface area contributed by atoms with Crippen molar-refractivity contribution in [2.24, 2.45) is 5.73 Å². The van der Waals surface area contributed by atoms with Crippen molar-refractivity contribution >= 4 is 0 Å². The molecule has 0 saturated carbocycles. The van der Waals surface area contributed by atoms with Crippen molar-refractivity contribution in [2.75, 3.05) is 6.61 Å². The maximum atomic E-state index is 8.61. The summed E-state index contributed by atoms with van der Waals surface area (Å²) in [4.78, 5) is 0. The van der Waals surface area contributed by atoms with E-state index in [-0.39, 0.29) is 12.6 Å². The number of hydrogen-bond acceptors (Lipinski definition) is 2. The normalized spacial score (nSPS) is 12.9. The molecule has 11 heavy (non-hydrogen) atoms. The summed E-state index contributed by atoms with van der Waals surface area (Å²) in [6.07, 6.45) is 0.609. The second-order valence-electron chi connectivity index (χ2n) is 2.46. The van der Waals surface area contributed by atoms with Crippen LogP contribution in [-0.2, 0) is 0 Å². The monoisotopic (exact) mass is 150 g/mol. The van der Waals surface area contributed by atoms with E-state index in [0.29, 0.717) is 6.42 Å². The molecule has 2 nitrogen and oxygen atoms in total. The number of hydrogen-bond donors (Lipinski definition) is 2. The van der Waals surface area contributed by atoms with Gasteiger partial charge in [0.2, 0.25) is 0 Å². The van der Waals surface area contributed by atoms with E-state index in [2.05, 4.69) is 6.07 Å². The Bertz CT molecular complexity index is 198. The topological polar surface area (TPSA) is 46.2 Å². The van der Waals surface area contributed by atoms with Crippen molar-refractivity contribution in [1.82, 2.24) is 0 Å². The molecule has 2 heteroatoms. The van der Waals surface area contributed by atoms with Crippen LogP contribution in [0.3, 0.4) is 0 Å². The highest BCUT2D eigenvalue weighted by Crippen LogP contribution is 2.11. The fraction of sp³-hybridized carbons (Fsp3) is 0.333. The molecule has 0 fully saturated rings. The lowest BCUT2D eigenvalue weighted by molar-refractivity contribution is 0.276. The van der Waals surface area contributed by atoms with Crippen LogP contribution in [-0.4, -0.2) is 11.7 Å². The standard InChI is InChI=1S/C9H12NO/c10-9(6-7-11)8-4-2-1-3-5-8/h1-2,4-5,9,11H,6-7,10H2. The molecule has 0 aliphatic rings. The van der Waals surface area contributed by atoms with Crippen molar-refractivity contribution in [3.8, 4) is 0 Å². The highest BCUT2D eigenvalue weighted by atomic mass is 16.3. The molecule has 1 atom stereocenters. The van der Waals surface area contributed by atoms with Crippen LogP contribution < -0.4 is 5.73 Å². The summed E-state index contributed by atoms with van der Waals surface area (Å²) >= 11 is 0. The van der Waals surface area contributed by atoms with Gasteiger partial charge in [-0.05, 0) is 24.1 Å². The summed E-state index contributed by atoms with van der Waals surface area (Å²) < 4.78 is 0. The minimum absolute atomic E-state index is 0.0579. The molecule has 59 valence electrons. The number of aliphatic hydroxyl groups excluding tert-OH is 1. The van der Waals surface area contributed by atoms with Crippen LogP contribution in [0.5, 0.6) is 0 Å². The van der Waals surface area contributed by atoms with E-state index < -0.39 is 0 Å². The van der Waals surface area contributed by atoms with E-state index in [1.54, 1.807) is 0 Å². The first-order valence-electron chi connectivity index (χ1n) is 3.67. The van der Waals surface area contributed by atoms with Crippen LogP contribution in [0, 0.1) is 6.07 Å². The van der Waals surface area contributed by atoms with E-state index in [1.807, 2.05) is 24.3 Å². The zero-order chi connectivity index (χ0) is 8.10. The third-order valence-corrected chi connectivity index (χ3v) is 1.60. The van der Waals surface area contributed by atoms with Gasteiger partial charge in [0.05, 0.1) is 0 Å². The molecule has 0 spiro atoms. The van der Waals surface area contributed by atoms with E-state index in [9.17, 15) is 0 Å². The summed E-state index contributed by atoms with van der Waals surface area (Å²) in [5, 5.41) is 8.61. The van der Waals surface area contributed by atoms with Crippen LogP contribution in [0.4, 0.5) is 0 Å². The quantitative estimate of drug-likeness (QED) is 0.671. The Kier molecular flexibility index (Phi) is 3.08. The molecule has 0 heterocycles. The van der Waals surface area contributed by atoms with Crippen LogP contribution in [0.25, 0.3) is 0 Å². The number of nitrogens with two attached hydrogens (primary N) is 1. The molecular formula is C9H12NO. The van der Waals surface area contributed by atoms with Crippen LogP contribution in [0.15, 0.2) is 24.3 Å². The minimum atomic E-state index is -0.0579. The predicted molar refractivity (Wildman–Crippen MR) is 43.9 cm³/mol. The van der Waals surface area contributed by atoms with Crippen molar-refractivity contribution in [1.29, 1.82) is 0 Å². The first-order valence-corrected chi connectivity index (χ1v) is 3.67. The molecule has 0 saturated heterocycles. The first-order chi connectivity index (χ1) is 5.34. The molecule has 0 bridgehead atoms. The molecule has 1 radical (unpaired) electrons. The van der Waals surface area contributed by atoms with Crippen molar-refractivity contribution in [2.45, 2.75) is 12.5 Å². The molecule has 1 aromatic carbocycles. The molecule has 0 aliphatic heterocycles. The largest absolute Gasteiger partial charge is 0.396 e.